The molecule has 128 valence electrons. The van der Waals surface area contributed by atoms with Gasteiger partial charge in [-0.1, -0.05) is 0 Å². The molecular formula is C16H32N4O2. The summed E-state index contributed by atoms with van der Waals surface area (Å²) in [6.45, 7) is 11.8. The van der Waals surface area contributed by atoms with Crippen LogP contribution in [-0.4, -0.2) is 88.0 Å². The predicted octanol–water partition coefficient (Wildman–Crippen LogP) is 0.641. The van der Waals surface area contributed by atoms with Gasteiger partial charge in [0.25, 0.3) is 0 Å². The molecule has 22 heavy (non-hydrogen) atoms. The maximum absolute atomic E-state index is 5.57. The third-order valence-corrected chi connectivity index (χ3v) is 4.61. The van der Waals surface area contributed by atoms with E-state index >= 15 is 0 Å². The zero-order valence-electron chi connectivity index (χ0n) is 14.6. The van der Waals surface area contributed by atoms with Crippen LogP contribution in [0.25, 0.3) is 0 Å². The second kappa shape index (κ2) is 8.13. The minimum atomic E-state index is 0.122. The Hall–Kier alpha value is -0.850. The fourth-order valence-corrected chi connectivity index (χ4v) is 3.19. The molecule has 0 aliphatic carbocycles. The van der Waals surface area contributed by atoms with Gasteiger partial charge in [-0.3, -0.25) is 9.89 Å². The van der Waals surface area contributed by atoms with Crippen molar-refractivity contribution in [3.8, 4) is 0 Å². The molecule has 1 unspecified atom stereocenters. The zero-order chi connectivity index (χ0) is 16.0. The summed E-state index contributed by atoms with van der Waals surface area (Å²) in [6.07, 6.45) is 1.16. The molecule has 6 heteroatoms. The molecule has 0 spiro atoms. The Morgan fingerprint density at radius 3 is 2.82 bits per heavy atom. The molecule has 0 aromatic carbocycles. The highest BCUT2D eigenvalue weighted by Gasteiger charge is 2.29. The Balaban J connectivity index is 1.73. The van der Waals surface area contributed by atoms with Crippen molar-refractivity contribution < 1.29 is 9.47 Å². The molecular weight excluding hydrogens is 280 g/mol. The van der Waals surface area contributed by atoms with Crippen molar-refractivity contribution in [2.45, 2.75) is 25.8 Å². The predicted molar refractivity (Wildman–Crippen MR) is 89.4 cm³/mol. The minimum Gasteiger partial charge on any atom is -0.381 e. The number of rotatable bonds is 5. The lowest BCUT2D eigenvalue weighted by molar-refractivity contribution is -0.0496. The van der Waals surface area contributed by atoms with Gasteiger partial charge in [-0.15, -0.1) is 0 Å². The summed E-state index contributed by atoms with van der Waals surface area (Å²) in [4.78, 5) is 9.10. The van der Waals surface area contributed by atoms with Crippen molar-refractivity contribution in [2.24, 2.45) is 10.9 Å². The van der Waals surface area contributed by atoms with E-state index < -0.39 is 0 Å². The van der Waals surface area contributed by atoms with Gasteiger partial charge in [0, 0.05) is 58.3 Å². The molecule has 6 nitrogen and oxygen atoms in total. The number of aliphatic imine (C=N–C) groups is 1. The van der Waals surface area contributed by atoms with Gasteiger partial charge in [0.1, 0.15) is 0 Å². The number of hydrogen-bond donors (Lipinski definition) is 1. The monoisotopic (exact) mass is 312 g/mol. The first-order valence-electron chi connectivity index (χ1n) is 8.35. The van der Waals surface area contributed by atoms with Gasteiger partial charge in [-0.2, -0.15) is 0 Å². The highest BCUT2D eigenvalue weighted by Crippen LogP contribution is 2.18. The van der Waals surface area contributed by atoms with Gasteiger partial charge in [-0.25, -0.2) is 0 Å². The smallest absolute Gasteiger partial charge is 0.193 e. The van der Waals surface area contributed by atoms with E-state index in [2.05, 4.69) is 41.0 Å². The summed E-state index contributed by atoms with van der Waals surface area (Å²) in [7, 11) is 3.95. The normalized spacial score (nSPS) is 26.2. The highest BCUT2D eigenvalue weighted by molar-refractivity contribution is 5.79. The molecule has 2 rings (SSSR count). The van der Waals surface area contributed by atoms with Crippen LogP contribution in [0, 0.1) is 5.92 Å². The van der Waals surface area contributed by atoms with E-state index in [0.29, 0.717) is 5.92 Å². The zero-order valence-corrected chi connectivity index (χ0v) is 14.6. The second-order valence-corrected chi connectivity index (χ2v) is 6.94. The number of ether oxygens (including phenoxy) is 2. The average molecular weight is 312 g/mol. The minimum absolute atomic E-state index is 0.122. The SMILES string of the molecule is CN=C(NCCN1CCOCC1(C)C)N(C)CC1CCOC1. The summed E-state index contributed by atoms with van der Waals surface area (Å²) < 4.78 is 11.0. The van der Waals surface area contributed by atoms with Crippen molar-refractivity contribution in [2.75, 3.05) is 66.7 Å². The molecule has 0 amide bonds. The Morgan fingerprint density at radius 2 is 2.18 bits per heavy atom. The number of nitrogens with zero attached hydrogens (tertiary/aromatic N) is 3. The van der Waals surface area contributed by atoms with E-state index in [1.165, 1.54) is 0 Å². The van der Waals surface area contributed by atoms with Crippen LogP contribution in [0.4, 0.5) is 0 Å². The van der Waals surface area contributed by atoms with E-state index in [1.807, 2.05) is 7.05 Å². The van der Waals surface area contributed by atoms with Crippen molar-refractivity contribution in [1.82, 2.24) is 15.1 Å². The molecule has 2 saturated heterocycles. The van der Waals surface area contributed by atoms with Crippen molar-refractivity contribution >= 4 is 5.96 Å². The lowest BCUT2D eigenvalue weighted by atomic mass is 10.0. The quantitative estimate of drug-likeness (QED) is 0.596. The van der Waals surface area contributed by atoms with Crippen LogP contribution in [-0.2, 0) is 9.47 Å². The van der Waals surface area contributed by atoms with Gasteiger partial charge in [0.05, 0.1) is 19.8 Å². The van der Waals surface area contributed by atoms with Crippen LogP contribution in [0.5, 0.6) is 0 Å². The van der Waals surface area contributed by atoms with E-state index in [1.54, 1.807) is 0 Å². The first-order valence-corrected chi connectivity index (χ1v) is 8.35. The third-order valence-electron chi connectivity index (χ3n) is 4.61. The Morgan fingerprint density at radius 1 is 1.36 bits per heavy atom. The Labute approximate surface area is 134 Å². The lowest BCUT2D eigenvalue weighted by Crippen LogP contribution is -2.55. The molecule has 0 bridgehead atoms. The molecule has 0 saturated carbocycles. The molecule has 0 aromatic heterocycles. The van der Waals surface area contributed by atoms with E-state index in [0.717, 1.165) is 65.0 Å². The van der Waals surface area contributed by atoms with Crippen LogP contribution in [0.1, 0.15) is 20.3 Å². The first kappa shape index (κ1) is 17.5. The Bertz CT molecular complexity index is 367. The first-order chi connectivity index (χ1) is 10.5. The van der Waals surface area contributed by atoms with Crippen LogP contribution >= 0.6 is 0 Å². The fourth-order valence-electron chi connectivity index (χ4n) is 3.19. The van der Waals surface area contributed by atoms with Gasteiger partial charge in [-0.05, 0) is 20.3 Å². The van der Waals surface area contributed by atoms with Crippen LogP contribution in [0.15, 0.2) is 4.99 Å². The average Bonchev–Trinajstić information content (AvgIpc) is 2.97. The van der Waals surface area contributed by atoms with E-state index in [9.17, 15) is 0 Å². The standard InChI is InChI=1S/C16H32N4O2/c1-16(2)13-22-10-8-20(16)7-6-18-15(17-3)19(4)11-14-5-9-21-12-14/h14H,5-13H2,1-4H3,(H,17,18). The Kier molecular flexibility index (Phi) is 6.47. The van der Waals surface area contributed by atoms with Crippen molar-refractivity contribution in [1.29, 1.82) is 0 Å². The van der Waals surface area contributed by atoms with Crippen LogP contribution < -0.4 is 5.32 Å². The summed E-state index contributed by atoms with van der Waals surface area (Å²) in [5.41, 5.74) is 0.122. The van der Waals surface area contributed by atoms with Gasteiger partial charge in [0.15, 0.2) is 5.96 Å². The molecule has 1 atom stereocenters. The van der Waals surface area contributed by atoms with Gasteiger partial charge < -0.3 is 19.7 Å². The molecule has 2 aliphatic rings. The topological polar surface area (TPSA) is 49.3 Å². The molecule has 2 fully saturated rings. The molecule has 2 heterocycles. The van der Waals surface area contributed by atoms with E-state index in [4.69, 9.17) is 9.47 Å². The second-order valence-electron chi connectivity index (χ2n) is 6.94. The van der Waals surface area contributed by atoms with Crippen LogP contribution in [0.3, 0.4) is 0 Å². The number of guanidine groups is 1. The van der Waals surface area contributed by atoms with Crippen molar-refractivity contribution in [3.63, 3.8) is 0 Å². The molecule has 2 aliphatic heterocycles. The van der Waals surface area contributed by atoms with Gasteiger partial charge >= 0.3 is 0 Å². The van der Waals surface area contributed by atoms with Crippen LogP contribution in [0.2, 0.25) is 0 Å². The highest BCUT2D eigenvalue weighted by atomic mass is 16.5. The summed E-state index contributed by atoms with van der Waals surface area (Å²) in [5, 5.41) is 3.48. The maximum atomic E-state index is 5.57. The summed E-state index contributed by atoms with van der Waals surface area (Å²) in [6, 6.07) is 0. The molecule has 0 aromatic rings. The number of morpholine rings is 1. The van der Waals surface area contributed by atoms with Gasteiger partial charge in [0.2, 0.25) is 0 Å². The third kappa shape index (κ3) is 4.83. The van der Waals surface area contributed by atoms with Crippen molar-refractivity contribution in [3.05, 3.63) is 0 Å². The summed E-state index contributed by atoms with van der Waals surface area (Å²) >= 11 is 0. The lowest BCUT2D eigenvalue weighted by Gasteiger charge is -2.42. The largest absolute Gasteiger partial charge is 0.381 e. The fraction of sp³-hybridized carbons (Fsp3) is 0.938. The summed E-state index contributed by atoms with van der Waals surface area (Å²) in [5.74, 6) is 1.60. The van der Waals surface area contributed by atoms with E-state index in [-0.39, 0.29) is 5.54 Å². The molecule has 0 radical (unpaired) electrons. The maximum Gasteiger partial charge on any atom is 0.193 e. The molecule has 1 N–H and O–H groups in total. The number of nitrogens with one attached hydrogen (secondary N) is 1. The number of hydrogen-bond acceptors (Lipinski definition) is 4.